The van der Waals surface area contributed by atoms with Crippen molar-refractivity contribution in [3.05, 3.63) is 88.2 Å². The summed E-state index contributed by atoms with van der Waals surface area (Å²) in [5.41, 5.74) is 3.87. The third-order valence-corrected chi connectivity index (χ3v) is 6.47. The lowest BCUT2D eigenvalue weighted by molar-refractivity contribution is -0.130. The number of nitrogens with zero attached hydrogens (tertiary/aromatic N) is 6. The lowest BCUT2D eigenvalue weighted by Crippen LogP contribution is -2.49. The molecule has 0 atom stereocenters. The van der Waals surface area contributed by atoms with Crippen molar-refractivity contribution in [1.29, 1.82) is 0 Å². The number of hydrogen-bond acceptors (Lipinski definition) is 5. The van der Waals surface area contributed by atoms with Crippen molar-refractivity contribution in [2.75, 3.05) is 31.1 Å². The molecule has 1 fully saturated rings. The maximum absolute atomic E-state index is 12.8. The maximum atomic E-state index is 12.8. The van der Waals surface area contributed by atoms with E-state index in [0.29, 0.717) is 31.0 Å². The summed E-state index contributed by atoms with van der Waals surface area (Å²) in [6, 6.07) is 19.9. The van der Waals surface area contributed by atoms with Crippen molar-refractivity contribution in [2.24, 2.45) is 0 Å². The molecule has 0 radical (unpaired) electrons. The Morgan fingerprint density at radius 2 is 1.73 bits per heavy atom. The number of carbonyl (C=O) groups excluding carboxylic acids is 1. The van der Waals surface area contributed by atoms with Gasteiger partial charge in [-0.2, -0.15) is 4.52 Å². The van der Waals surface area contributed by atoms with E-state index in [4.69, 9.17) is 16.7 Å². The van der Waals surface area contributed by atoms with E-state index in [1.54, 1.807) is 0 Å². The molecule has 4 aromatic rings. The molecule has 0 N–H and O–H groups in total. The molecule has 33 heavy (non-hydrogen) atoms. The number of carbonyl (C=O) groups is 1. The molecule has 8 heteroatoms. The van der Waals surface area contributed by atoms with Gasteiger partial charge in [-0.15, -0.1) is 15.3 Å². The average Bonchev–Trinajstić information content (AvgIpc) is 3.24. The van der Waals surface area contributed by atoms with E-state index in [2.05, 4.69) is 27.2 Å². The molecule has 3 heterocycles. The molecule has 7 nitrogen and oxygen atoms in total. The highest BCUT2D eigenvalue weighted by Gasteiger charge is 2.23. The molecule has 5 rings (SSSR count). The summed E-state index contributed by atoms with van der Waals surface area (Å²) in [7, 11) is 0. The van der Waals surface area contributed by atoms with Gasteiger partial charge in [-0.25, -0.2) is 0 Å². The topological polar surface area (TPSA) is 66.6 Å². The van der Waals surface area contributed by atoms with E-state index in [0.717, 1.165) is 41.5 Å². The molecule has 1 aliphatic heterocycles. The molecule has 0 unspecified atom stereocenters. The van der Waals surface area contributed by atoms with Crippen molar-refractivity contribution in [3.63, 3.8) is 0 Å². The Hall–Kier alpha value is -3.45. The third kappa shape index (κ3) is 4.68. The van der Waals surface area contributed by atoms with Gasteiger partial charge in [-0.3, -0.25) is 4.79 Å². The Morgan fingerprint density at radius 1 is 0.939 bits per heavy atom. The van der Waals surface area contributed by atoms with Crippen molar-refractivity contribution in [3.8, 4) is 0 Å². The number of amides is 1. The first-order valence-corrected chi connectivity index (χ1v) is 11.5. The third-order valence-electron chi connectivity index (χ3n) is 6.07. The molecular weight excluding hydrogens is 436 g/mol. The van der Waals surface area contributed by atoms with Gasteiger partial charge in [0.25, 0.3) is 0 Å². The van der Waals surface area contributed by atoms with Gasteiger partial charge < -0.3 is 9.80 Å². The summed E-state index contributed by atoms with van der Waals surface area (Å²) in [4.78, 5) is 16.9. The predicted octanol–water partition coefficient (Wildman–Crippen LogP) is 3.57. The molecule has 168 valence electrons. The summed E-state index contributed by atoms with van der Waals surface area (Å²) < 4.78 is 1.82. The van der Waals surface area contributed by atoms with Gasteiger partial charge in [0.15, 0.2) is 11.5 Å². The number of aryl methyl sites for hydroxylation is 1. The first-order valence-electron chi connectivity index (χ1n) is 11.1. The number of fused-ring (bicyclic) bond motifs is 1. The predicted molar refractivity (Wildman–Crippen MR) is 129 cm³/mol. The van der Waals surface area contributed by atoms with Crippen LogP contribution in [0.3, 0.4) is 0 Å². The van der Waals surface area contributed by atoms with E-state index >= 15 is 0 Å². The van der Waals surface area contributed by atoms with Crippen LogP contribution in [-0.4, -0.2) is 56.8 Å². The van der Waals surface area contributed by atoms with E-state index in [1.165, 1.54) is 5.56 Å². The van der Waals surface area contributed by atoms with Gasteiger partial charge in [-0.05, 0) is 41.8 Å². The zero-order valence-electron chi connectivity index (χ0n) is 18.5. The molecular formula is C25H25ClN6O. The highest BCUT2D eigenvalue weighted by Crippen LogP contribution is 2.19. The fraction of sp³-hybridized carbons (Fsp3) is 0.280. The number of benzene rings is 2. The standard InChI is InChI=1S/C25H25ClN6O/c1-18-7-8-20(15-21(18)26)17-25(33)31-13-11-30(12-14-31)23-10-9-22-27-28-24(32(22)29-23)16-19-5-3-2-4-6-19/h2-10,15H,11-14,16-17H2,1H3. The normalized spacial score (nSPS) is 14.1. The Morgan fingerprint density at radius 3 is 2.48 bits per heavy atom. The summed E-state index contributed by atoms with van der Waals surface area (Å²) in [5, 5.41) is 14.1. The van der Waals surface area contributed by atoms with Crippen LogP contribution in [-0.2, 0) is 17.6 Å². The molecule has 0 bridgehead atoms. The molecule has 2 aromatic carbocycles. The minimum atomic E-state index is 0.127. The monoisotopic (exact) mass is 460 g/mol. The Kier molecular flexibility index (Phi) is 5.96. The largest absolute Gasteiger partial charge is 0.352 e. The molecule has 0 saturated carbocycles. The molecule has 1 aliphatic rings. The van der Waals surface area contributed by atoms with Gasteiger partial charge >= 0.3 is 0 Å². The smallest absolute Gasteiger partial charge is 0.227 e. The second-order valence-corrected chi connectivity index (χ2v) is 8.78. The first-order chi connectivity index (χ1) is 16.1. The number of piperazine rings is 1. The number of anilines is 1. The first kappa shape index (κ1) is 21.4. The van der Waals surface area contributed by atoms with Crippen LogP contribution >= 0.6 is 11.6 Å². The lowest BCUT2D eigenvalue weighted by atomic mass is 10.1. The minimum absolute atomic E-state index is 0.127. The van der Waals surface area contributed by atoms with E-state index in [9.17, 15) is 4.79 Å². The molecule has 0 aliphatic carbocycles. The van der Waals surface area contributed by atoms with Crippen molar-refractivity contribution < 1.29 is 4.79 Å². The van der Waals surface area contributed by atoms with Crippen LogP contribution in [0.25, 0.3) is 5.65 Å². The van der Waals surface area contributed by atoms with Gasteiger partial charge in [0.1, 0.15) is 5.82 Å². The van der Waals surface area contributed by atoms with Gasteiger partial charge in [0.05, 0.1) is 6.42 Å². The van der Waals surface area contributed by atoms with Crippen LogP contribution in [0, 0.1) is 6.92 Å². The van der Waals surface area contributed by atoms with Crippen molar-refractivity contribution >= 4 is 29.0 Å². The molecule has 2 aromatic heterocycles. The van der Waals surface area contributed by atoms with Crippen molar-refractivity contribution in [2.45, 2.75) is 19.8 Å². The summed E-state index contributed by atoms with van der Waals surface area (Å²) in [5.74, 6) is 1.81. The maximum Gasteiger partial charge on any atom is 0.227 e. The van der Waals surface area contributed by atoms with Crippen LogP contribution in [0.15, 0.2) is 60.7 Å². The SMILES string of the molecule is Cc1ccc(CC(=O)N2CCN(c3ccc4nnc(Cc5ccccc5)n4n3)CC2)cc1Cl. The average molecular weight is 461 g/mol. The van der Waals surface area contributed by atoms with Gasteiger partial charge in [-0.1, -0.05) is 54.1 Å². The van der Waals surface area contributed by atoms with Gasteiger partial charge in [0.2, 0.25) is 5.91 Å². The minimum Gasteiger partial charge on any atom is -0.352 e. The van der Waals surface area contributed by atoms with E-state index in [-0.39, 0.29) is 5.91 Å². The van der Waals surface area contributed by atoms with Gasteiger partial charge in [0, 0.05) is 37.6 Å². The zero-order chi connectivity index (χ0) is 22.8. The lowest BCUT2D eigenvalue weighted by Gasteiger charge is -2.35. The molecule has 0 spiro atoms. The molecule has 1 saturated heterocycles. The summed E-state index contributed by atoms with van der Waals surface area (Å²) in [6.07, 6.45) is 1.04. The highest BCUT2D eigenvalue weighted by molar-refractivity contribution is 6.31. The number of hydrogen-bond donors (Lipinski definition) is 0. The van der Waals surface area contributed by atoms with Crippen LogP contribution in [0.1, 0.15) is 22.5 Å². The molecule has 1 amide bonds. The highest BCUT2D eigenvalue weighted by atomic mass is 35.5. The fourth-order valence-corrected chi connectivity index (χ4v) is 4.30. The van der Waals surface area contributed by atoms with Crippen LogP contribution in [0.2, 0.25) is 5.02 Å². The quantitative estimate of drug-likeness (QED) is 0.455. The number of rotatable bonds is 5. The van der Waals surface area contributed by atoms with Crippen molar-refractivity contribution in [1.82, 2.24) is 24.7 Å². The van der Waals surface area contributed by atoms with E-state index in [1.807, 2.05) is 64.9 Å². The number of halogens is 1. The zero-order valence-corrected chi connectivity index (χ0v) is 19.2. The van der Waals surface area contributed by atoms with E-state index < -0.39 is 0 Å². The summed E-state index contributed by atoms with van der Waals surface area (Å²) in [6.45, 7) is 4.75. The summed E-state index contributed by atoms with van der Waals surface area (Å²) >= 11 is 6.21. The second-order valence-electron chi connectivity index (χ2n) is 8.37. The Balaban J connectivity index is 1.24. The Labute approximate surface area is 197 Å². The second kappa shape index (κ2) is 9.19. The number of aromatic nitrogens is 4. The fourth-order valence-electron chi connectivity index (χ4n) is 4.10. The Bertz CT molecular complexity index is 1280. The van der Waals surface area contributed by atoms with Crippen LogP contribution in [0.5, 0.6) is 0 Å². The van der Waals surface area contributed by atoms with Crippen LogP contribution in [0.4, 0.5) is 5.82 Å². The van der Waals surface area contributed by atoms with Crippen LogP contribution < -0.4 is 4.90 Å².